The van der Waals surface area contributed by atoms with Crippen molar-refractivity contribution in [2.75, 3.05) is 19.0 Å². The van der Waals surface area contributed by atoms with E-state index in [4.69, 9.17) is 4.74 Å². The van der Waals surface area contributed by atoms with Crippen LogP contribution in [0.3, 0.4) is 0 Å². The second-order valence-electron chi connectivity index (χ2n) is 5.50. The molecule has 1 heterocycles. The van der Waals surface area contributed by atoms with Crippen LogP contribution in [0.2, 0.25) is 0 Å². The molecule has 0 bridgehead atoms. The molecule has 0 radical (unpaired) electrons. The number of ether oxygens (including phenoxy) is 1. The van der Waals surface area contributed by atoms with E-state index in [2.05, 4.69) is 5.32 Å². The van der Waals surface area contributed by atoms with Crippen LogP contribution < -0.4 is 10.1 Å². The summed E-state index contributed by atoms with van der Waals surface area (Å²) in [6, 6.07) is 4.52. The zero-order valence-electron chi connectivity index (χ0n) is 13.1. The van der Waals surface area contributed by atoms with Crippen LogP contribution in [0.25, 0.3) is 0 Å². The van der Waals surface area contributed by atoms with E-state index in [0.29, 0.717) is 18.0 Å². The predicted molar refractivity (Wildman–Crippen MR) is 84.5 cm³/mol. The SMILES string of the molecule is COc1cc(S(=O)(=O)N2CCCC[C@@H]2C)ccc1NC(C)=O. The normalized spacial score (nSPS) is 19.7. The molecule has 6 nitrogen and oxygen atoms in total. The Bertz CT molecular complexity index is 658. The minimum Gasteiger partial charge on any atom is -0.495 e. The van der Waals surface area contributed by atoms with Gasteiger partial charge in [0.1, 0.15) is 5.75 Å². The fourth-order valence-corrected chi connectivity index (χ4v) is 4.40. The van der Waals surface area contributed by atoms with Crippen LogP contribution in [0.15, 0.2) is 23.1 Å². The Balaban J connectivity index is 2.37. The second-order valence-corrected chi connectivity index (χ2v) is 7.39. The summed E-state index contributed by atoms with van der Waals surface area (Å²) in [7, 11) is -2.10. The van der Waals surface area contributed by atoms with Gasteiger partial charge in [0, 0.05) is 25.6 Å². The summed E-state index contributed by atoms with van der Waals surface area (Å²) in [4.78, 5) is 11.3. The van der Waals surface area contributed by atoms with Crippen molar-refractivity contribution >= 4 is 21.6 Å². The summed E-state index contributed by atoms with van der Waals surface area (Å²) in [5, 5.41) is 2.62. The van der Waals surface area contributed by atoms with Crippen LogP contribution in [-0.2, 0) is 14.8 Å². The van der Waals surface area contributed by atoms with Crippen LogP contribution in [-0.4, -0.2) is 38.3 Å². The molecule has 1 saturated heterocycles. The van der Waals surface area contributed by atoms with Gasteiger partial charge in [-0.2, -0.15) is 4.31 Å². The third kappa shape index (κ3) is 3.41. The molecule has 0 saturated carbocycles. The number of nitrogens with zero attached hydrogens (tertiary/aromatic N) is 1. The Morgan fingerprint density at radius 2 is 2.09 bits per heavy atom. The number of anilines is 1. The monoisotopic (exact) mass is 326 g/mol. The summed E-state index contributed by atoms with van der Waals surface area (Å²) in [6.45, 7) is 3.86. The molecule has 0 aliphatic carbocycles. The van der Waals surface area contributed by atoms with Crippen LogP contribution >= 0.6 is 0 Å². The minimum atomic E-state index is -3.55. The van der Waals surface area contributed by atoms with Gasteiger partial charge in [-0.05, 0) is 31.9 Å². The molecular formula is C15H22N2O4S. The van der Waals surface area contributed by atoms with Gasteiger partial charge >= 0.3 is 0 Å². The fourth-order valence-electron chi connectivity index (χ4n) is 2.69. The highest BCUT2D eigenvalue weighted by molar-refractivity contribution is 7.89. The lowest BCUT2D eigenvalue weighted by Gasteiger charge is -2.32. The Morgan fingerprint density at radius 3 is 2.68 bits per heavy atom. The molecule has 1 aromatic carbocycles. The number of piperidine rings is 1. The summed E-state index contributed by atoms with van der Waals surface area (Å²) < 4.78 is 32.3. The molecule has 1 aliphatic rings. The van der Waals surface area contributed by atoms with Gasteiger partial charge in [-0.25, -0.2) is 8.42 Å². The lowest BCUT2D eigenvalue weighted by Crippen LogP contribution is -2.41. The molecule has 1 fully saturated rings. The van der Waals surface area contributed by atoms with Gasteiger partial charge in [0.05, 0.1) is 17.7 Å². The van der Waals surface area contributed by atoms with Gasteiger partial charge < -0.3 is 10.1 Å². The highest BCUT2D eigenvalue weighted by Gasteiger charge is 2.31. The second kappa shape index (κ2) is 6.66. The first-order valence-corrected chi connectivity index (χ1v) is 8.77. The number of benzene rings is 1. The number of hydrogen-bond acceptors (Lipinski definition) is 4. The quantitative estimate of drug-likeness (QED) is 0.920. The van der Waals surface area contributed by atoms with E-state index in [1.54, 1.807) is 10.4 Å². The topological polar surface area (TPSA) is 75.7 Å². The first kappa shape index (κ1) is 16.8. The van der Waals surface area contributed by atoms with Gasteiger partial charge in [0.15, 0.2) is 0 Å². The maximum Gasteiger partial charge on any atom is 0.243 e. The van der Waals surface area contributed by atoms with Crippen molar-refractivity contribution in [3.8, 4) is 5.75 Å². The Labute approximate surface area is 131 Å². The lowest BCUT2D eigenvalue weighted by molar-refractivity contribution is -0.114. The van der Waals surface area contributed by atoms with Crippen molar-refractivity contribution in [2.45, 2.75) is 44.0 Å². The van der Waals surface area contributed by atoms with E-state index in [9.17, 15) is 13.2 Å². The van der Waals surface area contributed by atoms with E-state index in [1.165, 1.54) is 26.2 Å². The van der Waals surface area contributed by atoms with Gasteiger partial charge in [-0.15, -0.1) is 0 Å². The highest BCUT2D eigenvalue weighted by atomic mass is 32.2. The zero-order chi connectivity index (χ0) is 16.3. The van der Waals surface area contributed by atoms with E-state index in [0.717, 1.165) is 19.3 Å². The lowest BCUT2D eigenvalue weighted by atomic mass is 10.1. The number of amides is 1. The summed E-state index contributed by atoms with van der Waals surface area (Å²) >= 11 is 0. The van der Waals surface area contributed by atoms with E-state index in [1.807, 2.05) is 6.92 Å². The maximum atomic E-state index is 12.8. The molecule has 1 atom stereocenters. The number of carbonyl (C=O) groups excluding carboxylic acids is 1. The first-order chi connectivity index (χ1) is 10.4. The Hall–Kier alpha value is -1.60. The van der Waals surface area contributed by atoms with E-state index in [-0.39, 0.29) is 16.8 Å². The minimum absolute atomic E-state index is 0.000217. The molecular weight excluding hydrogens is 304 g/mol. The molecule has 0 spiro atoms. The molecule has 7 heteroatoms. The number of hydrogen-bond donors (Lipinski definition) is 1. The molecule has 0 aromatic heterocycles. The standard InChI is InChI=1S/C15H22N2O4S/c1-11-6-4-5-9-17(11)22(19,20)13-7-8-14(16-12(2)18)15(10-13)21-3/h7-8,10-11H,4-6,9H2,1-3H3,(H,16,18)/t11-/m0/s1. The van der Waals surface area contributed by atoms with Gasteiger partial charge in [-0.3, -0.25) is 4.79 Å². The first-order valence-electron chi connectivity index (χ1n) is 7.33. The number of rotatable bonds is 4. The van der Waals surface area contributed by atoms with Crippen molar-refractivity contribution in [1.29, 1.82) is 0 Å². The number of nitrogens with one attached hydrogen (secondary N) is 1. The zero-order valence-corrected chi connectivity index (χ0v) is 13.9. The molecule has 1 aliphatic heterocycles. The number of carbonyl (C=O) groups is 1. The highest BCUT2D eigenvalue weighted by Crippen LogP contribution is 2.31. The van der Waals surface area contributed by atoms with Gasteiger partial charge in [0.2, 0.25) is 15.9 Å². The molecule has 22 heavy (non-hydrogen) atoms. The largest absolute Gasteiger partial charge is 0.495 e. The van der Waals surface area contributed by atoms with Crippen molar-refractivity contribution in [2.24, 2.45) is 0 Å². The molecule has 2 rings (SSSR count). The average molecular weight is 326 g/mol. The molecule has 1 aromatic rings. The van der Waals surface area contributed by atoms with E-state index < -0.39 is 10.0 Å². The molecule has 1 amide bonds. The number of sulfonamides is 1. The predicted octanol–water partition coefficient (Wildman–Crippen LogP) is 2.22. The van der Waals surface area contributed by atoms with Gasteiger partial charge in [0.25, 0.3) is 0 Å². The Kier molecular flexibility index (Phi) is 5.08. The van der Waals surface area contributed by atoms with Crippen LogP contribution in [0.5, 0.6) is 5.75 Å². The summed E-state index contributed by atoms with van der Waals surface area (Å²) in [5.41, 5.74) is 0.459. The third-order valence-electron chi connectivity index (χ3n) is 3.83. The van der Waals surface area contributed by atoms with Gasteiger partial charge in [-0.1, -0.05) is 6.42 Å². The molecule has 1 N–H and O–H groups in total. The fraction of sp³-hybridized carbons (Fsp3) is 0.533. The van der Waals surface area contributed by atoms with Crippen molar-refractivity contribution in [3.05, 3.63) is 18.2 Å². The Morgan fingerprint density at radius 1 is 1.36 bits per heavy atom. The number of methoxy groups -OCH3 is 1. The van der Waals surface area contributed by atoms with Crippen LogP contribution in [0.1, 0.15) is 33.1 Å². The van der Waals surface area contributed by atoms with Crippen molar-refractivity contribution < 1.29 is 17.9 Å². The van der Waals surface area contributed by atoms with Crippen LogP contribution in [0.4, 0.5) is 5.69 Å². The molecule has 122 valence electrons. The smallest absolute Gasteiger partial charge is 0.243 e. The molecule has 0 unspecified atom stereocenters. The van der Waals surface area contributed by atoms with E-state index >= 15 is 0 Å². The van der Waals surface area contributed by atoms with Crippen LogP contribution in [0, 0.1) is 0 Å². The summed E-state index contributed by atoms with van der Waals surface area (Å²) in [5.74, 6) is 0.0968. The van der Waals surface area contributed by atoms with Crippen molar-refractivity contribution in [1.82, 2.24) is 4.31 Å². The third-order valence-corrected chi connectivity index (χ3v) is 5.84. The van der Waals surface area contributed by atoms with Crippen molar-refractivity contribution in [3.63, 3.8) is 0 Å². The maximum absolute atomic E-state index is 12.8. The summed E-state index contributed by atoms with van der Waals surface area (Å²) in [6.07, 6.45) is 2.81. The average Bonchev–Trinajstić information content (AvgIpc) is 2.47.